The predicted molar refractivity (Wildman–Crippen MR) is 37.8 cm³/mol. The van der Waals surface area contributed by atoms with Crippen LogP contribution in [-0.4, -0.2) is 30.8 Å². The minimum Gasteiger partial charge on any atom is -0.311 e. The van der Waals surface area contributed by atoms with Crippen molar-refractivity contribution in [3.8, 4) is 0 Å². The Hall–Kier alpha value is -0.290. The van der Waals surface area contributed by atoms with Gasteiger partial charge in [-0.25, -0.2) is 0 Å². The van der Waals surface area contributed by atoms with Crippen LogP contribution in [0.1, 0.15) is 12.8 Å². The lowest BCUT2D eigenvalue weighted by molar-refractivity contribution is -0.147. The van der Waals surface area contributed by atoms with Gasteiger partial charge in [-0.15, -0.1) is 0 Å². The van der Waals surface area contributed by atoms with E-state index in [1.807, 2.05) is 0 Å². The van der Waals surface area contributed by atoms with Crippen LogP contribution in [0.15, 0.2) is 0 Å². The van der Waals surface area contributed by atoms with Crippen LogP contribution in [0.5, 0.6) is 0 Å². The van der Waals surface area contributed by atoms with Crippen molar-refractivity contribution in [3.63, 3.8) is 0 Å². The van der Waals surface area contributed by atoms with Gasteiger partial charge in [0.2, 0.25) is 0 Å². The summed E-state index contributed by atoms with van der Waals surface area (Å²) < 4.78 is 36.3. The van der Waals surface area contributed by atoms with Crippen LogP contribution in [0.25, 0.3) is 0 Å². The van der Waals surface area contributed by atoms with Crippen molar-refractivity contribution in [2.75, 3.05) is 13.1 Å². The zero-order valence-corrected chi connectivity index (χ0v) is 6.54. The normalized spacial score (nSPS) is 40.8. The second kappa shape index (κ2) is 2.35. The maximum Gasteiger partial charge on any atom is 0.390 e. The third-order valence-corrected chi connectivity index (χ3v) is 2.63. The summed E-state index contributed by atoms with van der Waals surface area (Å²) in [5.41, 5.74) is -0.692. The monoisotopic (exact) mass is 180 g/mol. The van der Waals surface area contributed by atoms with E-state index >= 15 is 0 Å². The van der Waals surface area contributed by atoms with Gasteiger partial charge in [-0.3, -0.25) is 0 Å². The number of piperazine rings is 1. The Labute approximate surface area is 68.5 Å². The molecule has 2 rings (SSSR count). The third-order valence-electron chi connectivity index (χ3n) is 2.63. The fourth-order valence-corrected chi connectivity index (χ4v) is 2.16. The molecule has 0 amide bonds. The molecule has 12 heavy (non-hydrogen) atoms. The quantitative estimate of drug-likeness (QED) is 0.619. The summed E-state index contributed by atoms with van der Waals surface area (Å²) >= 11 is 0. The summed E-state index contributed by atoms with van der Waals surface area (Å²) in [6, 6.07) is 0.257. The molecule has 70 valence electrons. The van der Waals surface area contributed by atoms with Crippen LogP contribution in [0.4, 0.5) is 13.2 Å². The molecule has 0 aliphatic carbocycles. The largest absolute Gasteiger partial charge is 0.390 e. The van der Waals surface area contributed by atoms with E-state index in [9.17, 15) is 13.2 Å². The fraction of sp³-hybridized carbons (Fsp3) is 1.00. The Morgan fingerprint density at radius 3 is 2.50 bits per heavy atom. The summed E-state index contributed by atoms with van der Waals surface area (Å²) in [5, 5.41) is 6.00. The highest BCUT2D eigenvalue weighted by atomic mass is 19.4. The topological polar surface area (TPSA) is 24.1 Å². The molecule has 2 unspecified atom stereocenters. The fourth-order valence-electron chi connectivity index (χ4n) is 2.16. The Balaban J connectivity index is 2.03. The van der Waals surface area contributed by atoms with E-state index in [2.05, 4.69) is 10.6 Å². The lowest BCUT2D eigenvalue weighted by Gasteiger charge is -2.28. The van der Waals surface area contributed by atoms with Gasteiger partial charge in [-0.2, -0.15) is 13.2 Å². The number of rotatable bonds is 1. The van der Waals surface area contributed by atoms with Crippen molar-refractivity contribution in [1.29, 1.82) is 0 Å². The third kappa shape index (κ3) is 1.43. The molecule has 2 aliphatic heterocycles. The first-order valence-corrected chi connectivity index (χ1v) is 4.04. The van der Waals surface area contributed by atoms with Crippen molar-refractivity contribution in [2.45, 2.75) is 30.6 Å². The van der Waals surface area contributed by atoms with E-state index < -0.39 is 18.1 Å². The first-order valence-electron chi connectivity index (χ1n) is 4.04. The van der Waals surface area contributed by atoms with Crippen molar-refractivity contribution in [2.24, 2.45) is 0 Å². The smallest absolute Gasteiger partial charge is 0.311 e. The van der Waals surface area contributed by atoms with Gasteiger partial charge >= 0.3 is 6.18 Å². The second-order valence-corrected chi connectivity index (χ2v) is 3.74. The maximum atomic E-state index is 12.1. The molecule has 2 bridgehead atoms. The number of nitrogens with one attached hydrogen (secondary N) is 2. The van der Waals surface area contributed by atoms with Crippen LogP contribution in [-0.2, 0) is 0 Å². The highest BCUT2D eigenvalue weighted by Crippen LogP contribution is 2.35. The summed E-state index contributed by atoms with van der Waals surface area (Å²) in [6.07, 6.45) is -4.13. The van der Waals surface area contributed by atoms with Crippen molar-refractivity contribution >= 4 is 0 Å². The molecular formula is C7H11F3N2. The standard InChI is InChI=1S/C7H11F3N2/c8-7(9,10)3-6-1-5(2-12-6)11-4-6/h5,11-12H,1-4H2. The molecule has 5 heteroatoms. The highest BCUT2D eigenvalue weighted by molar-refractivity contribution is 5.08. The van der Waals surface area contributed by atoms with Gasteiger partial charge in [-0.05, 0) is 6.42 Å². The molecule has 2 N–H and O–H groups in total. The average molecular weight is 180 g/mol. The van der Waals surface area contributed by atoms with E-state index in [1.165, 1.54) is 0 Å². The van der Waals surface area contributed by atoms with E-state index in [4.69, 9.17) is 0 Å². The Bertz CT molecular complexity index is 182. The van der Waals surface area contributed by atoms with Gasteiger partial charge in [0, 0.05) is 24.7 Å². The molecule has 0 aromatic rings. The van der Waals surface area contributed by atoms with E-state index in [0.717, 1.165) is 0 Å². The molecule has 0 radical (unpaired) electrons. The highest BCUT2D eigenvalue weighted by Gasteiger charge is 2.50. The molecule has 2 heterocycles. The maximum absolute atomic E-state index is 12.1. The zero-order valence-electron chi connectivity index (χ0n) is 6.54. The summed E-state index contributed by atoms with van der Waals surface area (Å²) in [4.78, 5) is 0. The zero-order chi connectivity index (χ0) is 8.82. The van der Waals surface area contributed by atoms with Gasteiger partial charge in [-0.1, -0.05) is 0 Å². The van der Waals surface area contributed by atoms with Gasteiger partial charge in [0.25, 0.3) is 0 Å². The van der Waals surface area contributed by atoms with E-state index in [0.29, 0.717) is 19.5 Å². The average Bonchev–Trinajstić information content (AvgIpc) is 2.40. The SMILES string of the molecule is FC(F)(F)CC12CNC(CN1)C2. The minimum atomic E-state index is -4.05. The second-order valence-electron chi connectivity index (χ2n) is 3.74. The predicted octanol–water partition coefficient (Wildman–Crippen LogP) is 0.643. The first-order chi connectivity index (χ1) is 5.49. The number of fused-ring (bicyclic) bond motifs is 2. The Morgan fingerprint density at radius 1 is 1.42 bits per heavy atom. The number of halogens is 3. The lowest BCUT2D eigenvalue weighted by Crippen LogP contribution is -2.51. The van der Waals surface area contributed by atoms with Crippen LogP contribution < -0.4 is 10.6 Å². The lowest BCUT2D eigenvalue weighted by atomic mass is 9.95. The van der Waals surface area contributed by atoms with Crippen LogP contribution in [0.2, 0.25) is 0 Å². The molecular weight excluding hydrogens is 169 g/mol. The molecule has 0 spiro atoms. The van der Waals surface area contributed by atoms with E-state index in [1.54, 1.807) is 0 Å². The molecule has 0 aromatic carbocycles. The number of hydrogen-bond acceptors (Lipinski definition) is 2. The number of alkyl halides is 3. The van der Waals surface area contributed by atoms with Gasteiger partial charge < -0.3 is 10.6 Å². The van der Waals surface area contributed by atoms with Gasteiger partial charge in [0.15, 0.2) is 0 Å². The number of hydrogen-bond donors (Lipinski definition) is 2. The van der Waals surface area contributed by atoms with Crippen molar-refractivity contribution in [3.05, 3.63) is 0 Å². The summed E-state index contributed by atoms with van der Waals surface area (Å²) in [5.74, 6) is 0. The van der Waals surface area contributed by atoms with E-state index in [-0.39, 0.29) is 6.04 Å². The Morgan fingerprint density at radius 2 is 2.17 bits per heavy atom. The molecule has 2 fully saturated rings. The molecule has 2 saturated heterocycles. The minimum absolute atomic E-state index is 0.257. The first kappa shape index (κ1) is 8.31. The molecule has 2 aliphatic rings. The summed E-state index contributed by atoms with van der Waals surface area (Å²) in [7, 11) is 0. The summed E-state index contributed by atoms with van der Waals surface area (Å²) in [6.45, 7) is 1.13. The van der Waals surface area contributed by atoms with Crippen LogP contribution in [0.3, 0.4) is 0 Å². The molecule has 0 saturated carbocycles. The molecule has 2 nitrogen and oxygen atoms in total. The van der Waals surface area contributed by atoms with Crippen molar-refractivity contribution < 1.29 is 13.2 Å². The Kier molecular flexibility index (Phi) is 1.63. The van der Waals surface area contributed by atoms with Crippen LogP contribution >= 0.6 is 0 Å². The molecule has 2 atom stereocenters. The van der Waals surface area contributed by atoms with Gasteiger partial charge in [0.1, 0.15) is 0 Å². The van der Waals surface area contributed by atoms with Crippen LogP contribution in [0, 0.1) is 0 Å². The van der Waals surface area contributed by atoms with Gasteiger partial charge in [0.05, 0.1) is 6.42 Å². The molecule has 0 aromatic heterocycles. The van der Waals surface area contributed by atoms with Crippen molar-refractivity contribution in [1.82, 2.24) is 10.6 Å².